The van der Waals surface area contributed by atoms with E-state index < -0.39 is 0 Å². The molecule has 2 N–H and O–H groups in total. The summed E-state index contributed by atoms with van der Waals surface area (Å²) in [5.41, 5.74) is 1.70. The van der Waals surface area contributed by atoms with E-state index in [1.807, 2.05) is 0 Å². The molecule has 0 aliphatic heterocycles. The second kappa shape index (κ2) is 3.74. The van der Waals surface area contributed by atoms with Crippen molar-refractivity contribution >= 4 is 11.4 Å². The molecule has 0 amide bonds. The smallest absolute Gasteiger partial charge is 0.115 e. The molecule has 70 valence electrons. The molecular weight excluding hydrogens is 178 g/mol. The Balaban J connectivity index is 2.16. The van der Waals surface area contributed by atoms with Crippen LogP contribution in [0.5, 0.6) is 5.75 Å². The van der Waals surface area contributed by atoms with Crippen molar-refractivity contribution in [3.63, 3.8) is 0 Å². The fourth-order valence-electron chi connectivity index (χ4n) is 1.08. The van der Waals surface area contributed by atoms with Gasteiger partial charge in [0.25, 0.3) is 0 Å². The van der Waals surface area contributed by atoms with Crippen molar-refractivity contribution < 1.29 is 5.11 Å². The maximum Gasteiger partial charge on any atom is 0.115 e. The summed E-state index contributed by atoms with van der Waals surface area (Å²) in [5, 5.41) is 12.2. The molecule has 0 aliphatic carbocycles. The van der Waals surface area contributed by atoms with E-state index in [0.717, 1.165) is 11.4 Å². The Bertz CT molecular complexity index is 399. The Labute approximate surface area is 81.3 Å². The quantitative estimate of drug-likeness (QED) is 0.705. The maximum absolute atomic E-state index is 9.07. The lowest BCUT2D eigenvalue weighted by molar-refractivity contribution is 0.475. The standard InChI is InChI=1S/C10H9N3O/c14-10-3-1-8(2-4-10)13-9-5-11-7-12-6-9/h1-7,13-14H. The first-order chi connectivity index (χ1) is 6.84. The molecule has 1 heterocycles. The van der Waals surface area contributed by atoms with Gasteiger partial charge in [-0.15, -0.1) is 0 Å². The van der Waals surface area contributed by atoms with Crippen LogP contribution in [0.25, 0.3) is 0 Å². The summed E-state index contributed by atoms with van der Waals surface area (Å²) in [6, 6.07) is 6.79. The van der Waals surface area contributed by atoms with Crippen molar-refractivity contribution in [3.8, 4) is 5.75 Å². The molecule has 4 heteroatoms. The SMILES string of the molecule is Oc1ccc(Nc2cncnc2)cc1. The Hall–Kier alpha value is -2.10. The largest absolute Gasteiger partial charge is 0.508 e. The van der Waals surface area contributed by atoms with Crippen LogP contribution in [0, 0.1) is 0 Å². The zero-order chi connectivity index (χ0) is 9.80. The number of anilines is 2. The van der Waals surface area contributed by atoms with Gasteiger partial charge in [0, 0.05) is 5.69 Å². The van der Waals surface area contributed by atoms with E-state index in [0.29, 0.717) is 0 Å². The van der Waals surface area contributed by atoms with Crippen molar-refractivity contribution in [1.82, 2.24) is 9.97 Å². The maximum atomic E-state index is 9.07. The minimum absolute atomic E-state index is 0.250. The summed E-state index contributed by atoms with van der Waals surface area (Å²) in [6.45, 7) is 0. The molecule has 1 aromatic heterocycles. The fraction of sp³-hybridized carbons (Fsp3) is 0. The second-order valence-corrected chi connectivity index (χ2v) is 2.80. The molecule has 2 aromatic rings. The molecule has 14 heavy (non-hydrogen) atoms. The Kier molecular flexibility index (Phi) is 2.27. The van der Waals surface area contributed by atoms with E-state index in [1.165, 1.54) is 6.33 Å². The Morgan fingerprint density at radius 1 is 0.929 bits per heavy atom. The number of hydrogen-bond donors (Lipinski definition) is 2. The number of phenols is 1. The first kappa shape index (κ1) is 8.50. The summed E-state index contributed by atoms with van der Waals surface area (Å²) in [4.78, 5) is 7.75. The van der Waals surface area contributed by atoms with Crippen LogP contribution in [-0.4, -0.2) is 15.1 Å². The molecule has 0 saturated heterocycles. The van der Waals surface area contributed by atoms with Gasteiger partial charge in [0.15, 0.2) is 0 Å². The van der Waals surface area contributed by atoms with Gasteiger partial charge >= 0.3 is 0 Å². The normalized spacial score (nSPS) is 9.71. The van der Waals surface area contributed by atoms with E-state index in [9.17, 15) is 0 Å². The third-order valence-corrected chi connectivity index (χ3v) is 1.72. The van der Waals surface area contributed by atoms with Gasteiger partial charge < -0.3 is 10.4 Å². The highest BCUT2D eigenvalue weighted by molar-refractivity contribution is 5.58. The van der Waals surface area contributed by atoms with Crippen LogP contribution >= 0.6 is 0 Å². The van der Waals surface area contributed by atoms with E-state index in [-0.39, 0.29) is 5.75 Å². The van der Waals surface area contributed by atoms with Crippen LogP contribution in [0.2, 0.25) is 0 Å². The number of phenolic OH excluding ortho intramolecular Hbond substituents is 1. The van der Waals surface area contributed by atoms with Gasteiger partial charge in [-0.25, -0.2) is 9.97 Å². The van der Waals surface area contributed by atoms with E-state index in [4.69, 9.17) is 5.11 Å². The average molecular weight is 187 g/mol. The van der Waals surface area contributed by atoms with Crippen molar-refractivity contribution in [1.29, 1.82) is 0 Å². The minimum atomic E-state index is 0.250. The van der Waals surface area contributed by atoms with Gasteiger partial charge in [0.2, 0.25) is 0 Å². The van der Waals surface area contributed by atoms with Gasteiger partial charge in [-0.2, -0.15) is 0 Å². The van der Waals surface area contributed by atoms with Crippen molar-refractivity contribution in [2.75, 3.05) is 5.32 Å². The molecule has 0 unspecified atom stereocenters. The number of aromatic nitrogens is 2. The van der Waals surface area contributed by atoms with Gasteiger partial charge in [0.1, 0.15) is 12.1 Å². The molecular formula is C10H9N3O. The lowest BCUT2D eigenvalue weighted by Crippen LogP contribution is -1.90. The molecule has 0 fully saturated rings. The van der Waals surface area contributed by atoms with Gasteiger partial charge in [0.05, 0.1) is 18.1 Å². The Morgan fingerprint density at radius 3 is 2.21 bits per heavy atom. The van der Waals surface area contributed by atoms with Crippen molar-refractivity contribution in [3.05, 3.63) is 43.0 Å². The first-order valence-corrected chi connectivity index (χ1v) is 4.16. The van der Waals surface area contributed by atoms with Crippen LogP contribution in [0.3, 0.4) is 0 Å². The zero-order valence-corrected chi connectivity index (χ0v) is 7.38. The first-order valence-electron chi connectivity index (χ1n) is 4.16. The van der Waals surface area contributed by atoms with E-state index in [1.54, 1.807) is 36.7 Å². The highest BCUT2D eigenvalue weighted by Gasteiger charge is 1.94. The minimum Gasteiger partial charge on any atom is -0.508 e. The van der Waals surface area contributed by atoms with Crippen LogP contribution in [0.4, 0.5) is 11.4 Å². The second-order valence-electron chi connectivity index (χ2n) is 2.80. The van der Waals surface area contributed by atoms with E-state index >= 15 is 0 Å². The zero-order valence-electron chi connectivity index (χ0n) is 7.38. The third-order valence-electron chi connectivity index (χ3n) is 1.72. The number of rotatable bonds is 2. The number of benzene rings is 1. The predicted molar refractivity (Wildman–Crippen MR) is 53.4 cm³/mol. The molecule has 0 saturated carbocycles. The summed E-state index contributed by atoms with van der Waals surface area (Å²) in [6.07, 6.45) is 4.84. The van der Waals surface area contributed by atoms with Crippen LogP contribution < -0.4 is 5.32 Å². The van der Waals surface area contributed by atoms with Crippen molar-refractivity contribution in [2.45, 2.75) is 0 Å². The molecule has 0 aliphatic rings. The summed E-state index contributed by atoms with van der Waals surface area (Å²) in [5.74, 6) is 0.250. The van der Waals surface area contributed by atoms with Crippen molar-refractivity contribution in [2.24, 2.45) is 0 Å². The highest BCUT2D eigenvalue weighted by atomic mass is 16.3. The molecule has 4 nitrogen and oxygen atoms in total. The molecule has 2 rings (SSSR count). The van der Waals surface area contributed by atoms with Gasteiger partial charge in [-0.1, -0.05) is 0 Å². The Morgan fingerprint density at radius 2 is 1.57 bits per heavy atom. The number of aromatic hydroxyl groups is 1. The molecule has 1 aromatic carbocycles. The lowest BCUT2D eigenvalue weighted by atomic mass is 10.3. The fourth-order valence-corrected chi connectivity index (χ4v) is 1.08. The summed E-state index contributed by atoms with van der Waals surface area (Å²) >= 11 is 0. The number of nitrogens with zero attached hydrogens (tertiary/aromatic N) is 2. The molecule has 0 bridgehead atoms. The highest BCUT2D eigenvalue weighted by Crippen LogP contribution is 2.17. The van der Waals surface area contributed by atoms with E-state index in [2.05, 4.69) is 15.3 Å². The molecule has 0 spiro atoms. The number of nitrogens with one attached hydrogen (secondary N) is 1. The number of hydrogen-bond acceptors (Lipinski definition) is 4. The average Bonchev–Trinajstić information content (AvgIpc) is 2.23. The predicted octanol–water partition coefficient (Wildman–Crippen LogP) is 1.93. The summed E-state index contributed by atoms with van der Waals surface area (Å²) in [7, 11) is 0. The van der Waals surface area contributed by atoms with Gasteiger partial charge in [-0.3, -0.25) is 0 Å². The molecule has 0 atom stereocenters. The van der Waals surface area contributed by atoms with Crippen LogP contribution in [-0.2, 0) is 0 Å². The van der Waals surface area contributed by atoms with Crippen LogP contribution in [0.1, 0.15) is 0 Å². The topological polar surface area (TPSA) is 58.0 Å². The monoisotopic (exact) mass is 187 g/mol. The third kappa shape index (κ3) is 1.98. The van der Waals surface area contributed by atoms with Crippen LogP contribution in [0.15, 0.2) is 43.0 Å². The molecule has 0 radical (unpaired) electrons. The lowest BCUT2D eigenvalue weighted by Gasteiger charge is -2.04. The summed E-state index contributed by atoms with van der Waals surface area (Å²) < 4.78 is 0. The van der Waals surface area contributed by atoms with Gasteiger partial charge in [-0.05, 0) is 24.3 Å².